The number of pyridine rings is 1. The molecule has 8 nitrogen and oxygen atoms in total. The summed E-state index contributed by atoms with van der Waals surface area (Å²) in [5.41, 5.74) is 10.2. The van der Waals surface area contributed by atoms with Crippen molar-refractivity contribution in [3.8, 4) is 22.4 Å². The minimum atomic E-state index is -1.28. The number of H-pyrrole nitrogens is 1. The number of rotatable bonds is 6. The molecule has 0 amide bonds. The lowest BCUT2D eigenvalue weighted by Crippen LogP contribution is -2.28. The van der Waals surface area contributed by atoms with Gasteiger partial charge in [-0.05, 0) is 38.0 Å². The number of aliphatic hydroxyl groups is 1. The summed E-state index contributed by atoms with van der Waals surface area (Å²) in [6, 6.07) is 13.6. The topological polar surface area (TPSA) is 119 Å². The Kier molecular flexibility index (Phi) is 5.37. The molecule has 0 aliphatic heterocycles. The van der Waals surface area contributed by atoms with Crippen LogP contribution in [-0.4, -0.2) is 34.8 Å². The third-order valence-electron chi connectivity index (χ3n) is 6.20. The number of aromatic nitrogens is 6. The maximum atomic E-state index is 11.6. The Morgan fingerprint density at radius 2 is 1.88 bits per heavy atom. The molecule has 0 spiro atoms. The number of nitrogens with one attached hydrogen (secondary N) is 1. The molecular formula is C26H27N7O. The van der Waals surface area contributed by atoms with Crippen molar-refractivity contribution in [2.24, 2.45) is 0 Å². The Balaban J connectivity index is 1.62. The lowest BCUT2D eigenvalue weighted by Gasteiger charge is -2.27. The number of benzene rings is 1. The molecule has 5 aromatic rings. The molecule has 1 atom stereocenters. The first-order valence-corrected chi connectivity index (χ1v) is 11.3. The van der Waals surface area contributed by atoms with Gasteiger partial charge in [0.25, 0.3) is 0 Å². The van der Waals surface area contributed by atoms with E-state index in [0.717, 1.165) is 33.3 Å². The molecule has 0 aliphatic carbocycles. The number of anilines is 1. The molecule has 0 fully saturated rings. The SMILES string of the molecule is CCC(O)(c1ccccc1)c1cc(-c2c[nH]c3ncc(-c4cnn(C(C)C)c4)cc23)nc(N)n1. The third kappa shape index (κ3) is 3.72. The van der Waals surface area contributed by atoms with Crippen LogP contribution in [0.4, 0.5) is 5.95 Å². The molecule has 0 bridgehead atoms. The first-order valence-electron chi connectivity index (χ1n) is 11.3. The third-order valence-corrected chi connectivity index (χ3v) is 6.20. The lowest BCUT2D eigenvalue weighted by atomic mass is 9.87. The van der Waals surface area contributed by atoms with Crippen molar-refractivity contribution in [2.75, 3.05) is 5.73 Å². The number of hydrogen-bond donors (Lipinski definition) is 3. The fourth-order valence-electron chi connectivity index (χ4n) is 4.21. The Labute approximate surface area is 197 Å². The van der Waals surface area contributed by atoms with Crippen LogP contribution >= 0.6 is 0 Å². The molecule has 8 heteroatoms. The standard InChI is InChI=1S/C26H27N7O/c1-4-26(34,19-8-6-5-7-9-19)23-11-22(31-25(27)32-23)21-14-29-24-20(21)10-17(12-28-24)18-13-30-33(15-18)16(2)3/h5-16,34H,4H2,1-3H3,(H,28,29)(H2,27,31,32). The van der Waals surface area contributed by atoms with Crippen molar-refractivity contribution in [1.29, 1.82) is 0 Å². The molecule has 4 N–H and O–H groups in total. The summed E-state index contributed by atoms with van der Waals surface area (Å²) in [5.74, 6) is 0.104. The van der Waals surface area contributed by atoms with Gasteiger partial charge in [-0.3, -0.25) is 4.68 Å². The molecule has 4 aromatic heterocycles. The van der Waals surface area contributed by atoms with E-state index in [1.165, 1.54) is 0 Å². The van der Waals surface area contributed by atoms with Gasteiger partial charge in [-0.15, -0.1) is 0 Å². The van der Waals surface area contributed by atoms with Crippen molar-refractivity contribution >= 4 is 17.0 Å². The summed E-state index contributed by atoms with van der Waals surface area (Å²) in [6.07, 6.45) is 7.98. The van der Waals surface area contributed by atoms with Crippen molar-refractivity contribution in [3.05, 3.63) is 78.5 Å². The molecule has 0 radical (unpaired) electrons. The summed E-state index contributed by atoms with van der Waals surface area (Å²) >= 11 is 0. The second-order valence-electron chi connectivity index (χ2n) is 8.70. The van der Waals surface area contributed by atoms with Crippen LogP contribution in [0.15, 0.2) is 67.3 Å². The summed E-state index contributed by atoms with van der Waals surface area (Å²) in [6.45, 7) is 6.10. The summed E-state index contributed by atoms with van der Waals surface area (Å²) in [5, 5.41) is 16.9. The van der Waals surface area contributed by atoms with Crippen LogP contribution in [0.25, 0.3) is 33.4 Å². The molecule has 0 aliphatic rings. The molecule has 5 rings (SSSR count). The van der Waals surface area contributed by atoms with Gasteiger partial charge < -0.3 is 15.8 Å². The average Bonchev–Trinajstić information content (AvgIpc) is 3.51. The number of hydrogen-bond acceptors (Lipinski definition) is 6. The zero-order valence-electron chi connectivity index (χ0n) is 19.4. The van der Waals surface area contributed by atoms with Crippen LogP contribution in [0.5, 0.6) is 0 Å². The van der Waals surface area contributed by atoms with Gasteiger partial charge in [0.15, 0.2) is 0 Å². The van der Waals surface area contributed by atoms with Gasteiger partial charge in [0.05, 0.1) is 17.6 Å². The zero-order valence-corrected chi connectivity index (χ0v) is 19.4. The monoisotopic (exact) mass is 453 g/mol. The van der Waals surface area contributed by atoms with Gasteiger partial charge in [0.1, 0.15) is 11.2 Å². The number of nitrogens with two attached hydrogens (primary N) is 1. The second kappa shape index (κ2) is 8.39. The van der Waals surface area contributed by atoms with Gasteiger partial charge in [-0.25, -0.2) is 15.0 Å². The molecular weight excluding hydrogens is 426 g/mol. The highest BCUT2D eigenvalue weighted by Crippen LogP contribution is 2.36. The van der Waals surface area contributed by atoms with Gasteiger partial charge in [0, 0.05) is 46.7 Å². The van der Waals surface area contributed by atoms with Crippen LogP contribution in [0.1, 0.15) is 44.5 Å². The van der Waals surface area contributed by atoms with Crippen molar-refractivity contribution in [3.63, 3.8) is 0 Å². The summed E-state index contributed by atoms with van der Waals surface area (Å²) < 4.78 is 1.92. The number of fused-ring (bicyclic) bond motifs is 1. The zero-order chi connectivity index (χ0) is 23.9. The van der Waals surface area contributed by atoms with Crippen LogP contribution in [-0.2, 0) is 5.60 Å². The van der Waals surface area contributed by atoms with E-state index in [2.05, 4.69) is 44.9 Å². The van der Waals surface area contributed by atoms with Crippen LogP contribution in [0.2, 0.25) is 0 Å². The van der Waals surface area contributed by atoms with E-state index in [9.17, 15) is 5.11 Å². The molecule has 0 saturated carbocycles. The van der Waals surface area contributed by atoms with E-state index < -0.39 is 5.60 Å². The molecule has 172 valence electrons. The molecule has 34 heavy (non-hydrogen) atoms. The van der Waals surface area contributed by atoms with Crippen LogP contribution in [0.3, 0.4) is 0 Å². The van der Waals surface area contributed by atoms with Gasteiger partial charge >= 0.3 is 0 Å². The van der Waals surface area contributed by atoms with Gasteiger partial charge in [-0.2, -0.15) is 5.10 Å². The first-order chi connectivity index (χ1) is 16.4. The Morgan fingerprint density at radius 3 is 2.59 bits per heavy atom. The van der Waals surface area contributed by atoms with E-state index >= 15 is 0 Å². The van der Waals surface area contributed by atoms with Crippen LogP contribution in [0, 0.1) is 0 Å². The highest BCUT2D eigenvalue weighted by molar-refractivity contribution is 5.95. The smallest absolute Gasteiger partial charge is 0.220 e. The van der Waals surface area contributed by atoms with E-state index in [1.807, 2.05) is 66.7 Å². The fourth-order valence-corrected chi connectivity index (χ4v) is 4.21. The van der Waals surface area contributed by atoms with E-state index in [4.69, 9.17) is 5.73 Å². The minimum Gasteiger partial charge on any atom is -0.379 e. The van der Waals surface area contributed by atoms with E-state index in [0.29, 0.717) is 17.8 Å². The van der Waals surface area contributed by atoms with Crippen molar-refractivity contribution in [1.82, 2.24) is 29.7 Å². The lowest BCUT2D eigenvalue weighted by molar-refractivity contribution is 0.0720. The molecule has 0 saturated heterocycles. The van der Waals surface area contributed by atoms with Crippen molar-refractivity contribution in [2.45, 2.75) is 38.8 Å². The summed E-state index contributed by atoms with van der Waals surface area (Å²) in [4.78, 5) is 16.7. The quantitative estimate of drug-likeness (QED) is 0.343. The van der Waals surface area contributed by atoms with Gasteiger partial charge in [0.2, 0.25) is 5.95 Å². The highest BCUT2D eigenvalue weighted by Gasteiger charge is 2.32. The van der Waals surface area contributed by atoms with E-state index in [-0.39, 0.29) is 12.0 Å². The maximum Gasteiger partial charge on any atom is 0.220 e. The predicted molar refractivity (Wildman–Crippen MR) is 133 cm³/mol. The number of aromatic amines is 1. The van der Waals surface area contributed by atoms with Crippen molar-refractivity contribution < 1.29 is 5.11 Å². The summed E-state index contributed by atoms with van der Waals surface area (Å²) in [7, 11) is 0. The second-order valence-corrected chi connectivity index (χ2v) is 8.70. The largest absolute Gasteiger partial charge is 0.379 e. The highest BCUT2D eigenvalue weighted by atomic mass is 16.3. The molecule has 1 unspecified atom stereocenters. The number of nitrogens with zero attached hydrogens (tertiary/aromatic N) is 5. The van der Waals surface area contributed by atoms with Crippen LogP contribution < -0.4 is 5.73 Å². The molecule has 4 heterocycles. The Hall–Kier alpha value is -4.04. The predicted octanol–water partition coefficient (Wildman–Crippen LogP) is 4.69. The van der Waals surface area contributed by atoms with E-state index in [1.54, 1.807) is 6.07 Å². The maximum absolute atomic E-state index is 11.6. The Morgan fingerprint density at radius 1 is 1.09 bits per heavy atom. The Bertz CT molecular complexity index is 1450. The first kappa shape index (κ1) is 21.8. The van der Waals surface area contributed by atoms with Gasteiger partial charge in [-0.1, -0.05) is 37.3 Å². The minimum absolute atomic E-state index is 0.104. The number of nitrogen functional groups attached to an aromatic ring is 1. The average molecular weight is 454 g/mol. The molecule has 1 aromatic carbocycles. The normalized spacial score (nSPS) is 13.4. The fraction of sp³-hybridized carbons (Fsp3) is 0.231.